The maximum Gasteiger partial charge on any atom is 0.323 e. The molecule has 1 aromatic rings. The quantitative estimate of drug-likeness (QED) is 0.797. The van der Waals surface area contributed by atoms with Crippen LogP contribution in [0.5, 0.6) is 0 Å². The normalized spacial score (nSPS) is 12.0. The lowest BCUT2D eigenvalue weighted by Crippen LogP contribution is -2.44. The third-order valence-electron chi connectivity index (χ3n) is 3.17. The average Bonchev–Trinajstić information content (AvgIpc) is 2.38. The molecule has 2 N–H and O–H groups in total. The number of amides is 1. The predicted molar refractivity (Wildman–Crippen MR) is 78.7 cm³/mol. The van der Waals surface area contributed by atoms with Crippen molar-refractivity contribution < 1.29 is 14.7 Å². The molecule has 0 spiro atoms. The number of para-hydroxylation sites is 1. The zero-order valence-corrected chi connectivity index (χ0v) is 12.2. The van der Waals surface area contributed by atoms with Crippen LogP contribution in [0.1, 0.15) is 20.8 Å². The van der Waals surface area contributed by atoms with Gasteiger partial charge in [0.2, 0.25) is 5.91 Å². The Kier molecular flexibility index (Phi) is 6.03. The zero-order valence-electron chi connectivity index (χ0n) is 12.2. The Balaban J connectivity index is 2.71. The van der Waals surface area contributed by atoms with E-state index in [1.54, 1.807) is 17.0 Å². The Bertz CT molecular complexity index is 446. The van der Waals surface area contributed by atoms with Gasteiger partial charge < -0.3 is 15.3 Å². The van der Waals surface area contributed by atoms with E-state index in [2.05, 4.69) is 5.32 Å². The van der Waals surface area contributed by atoms with Gasteiger partial charge in [0.25, 0.3) is 0 Å². The number of rotatable bonds is 7. The van der Waals surface area contributed by atoms with Crippen LogP contribution in [0.2, 0.25) is 0 Å². The molecule has 0 aromatic heterocycles. The van der Waals surface area contributed by atoms with Gasteiger partial charge in [-0.15, -0.1) is 0 Å². The van der Waals surface area contributed by atoms with E-state index in [9.17, 15) is 9.59 Å². The Morgan fingerprint density at radius 3 is 2.25 bits per heavy atom. The molecule has 0 radical (unpaired) electrons. The van der Waals surface area contributed by atoms with Crippen LogP contribution in [0, 0.1) is 5.92 Å². The molecule has 0 aliphatic carbocycles. The molecule has 0 fully saturated rings. The largest absolute Gasteiger partial charge is 0.480 e. The van der Waals surface area contributed by atoms with Crippen LogP contribution in [-0.2, 0) is 9.59 Å². The minimum Gasteiger partial charge on any atom is -0.480 e. The summed E-state index contributed by atoms with van der Waals surface area (Å²) in [6, 6.07) is 9.13. The molecule has 5 nitrogen and oxygen atoms in total. The van der Waals surface area contributed by atoms with Crippen LogP contribution in [0.3, 0.4) is 0 Å². The first-order valence-electron chi connectivity index (χ1n) is 6.71. The van der Waals surface area contributed by atoms with Crippen molar-refractivity contribution in [1.82, 2.24) is 5.32 Å². The Morgan fingerprint density at radius 1 is 1.15 bits per heavy atom. The maximum atomic E-state index is 12.0. The highest BCUT2D eigenvalue weighted by Crippen LogP contribution is 2.12. The SMILES string of the molecule is CC(C)C(C)NC(=O)CN(CC(=O)O)c1ccccc1. The number of carbonyl (C=O) groups is 2. The fourth-order valence-corrected chi connectivity index (χ4v) is 1.68. The minimum absolute atomic E-state index is 0.0351. The molecule has 1 amide bonds. The lowest BCUT2D eigenvalue weighted by Gasteiger charge is -2.24. The number of hydrogen-bond acceptors (Lipinski definition) is 3. The molecule has 1 atom stereocenters. The smallest absolute Gasteiger partial charge is 0.323 e. The van der Waals surface area contributed by atoms with E-state index < -0.39 is 5.97 Å². The van der Waals surface area contributed by atoms with Crippen molar-refractivity contribution in [2.45, 2.75) is 26.8 Å². The van der Waals surface area contributed by atoms with Gasteiger partial charge in [-0.2, -0.15) is 0 Å². The molecule has 0 heterocycles. The summed E-state index contributed by atoms with van der Waals surface area (Å²) in [5.74, 6) is -0.793. The number of nitrogens with zero attached hydrogens (tertiary/aromatic N) is 1. The van der Waals surface area contributed by atoms with Crippen molar-refractivity contribution in [2.75, 3.05) is 18.0 Å². The third kappa shape index (κ3) is 5.30. The Hall–Kier alpha value is -2.04. The number of hydrogen-bond donors (Lipinski definition) is 2. The molecule has 0 bridgehead atoms. The summed E-state index contributed by atoms with van der Waals surface area (Å²) in [7, 11) is 0. The zero-order chi connectivity index (χ0) is 15.1. The molecule has 0 saturated carbocycles. The number of benzene rings is 1. The lowest BCUT2D eigenvalue weighted by atomic mass is 10.1. The van der Waals surface area contributed by atoms with E-state index in [1.165, 1.54) is 0 Å². The number of carboxylic acid groups (broad SMARTS) is 1. The summed E-state index contributed by atoms with van der Waals surface area (Å²) in [5, 5.41) is 11.8. The second kappa shape index (κ2) is 7.53. The van der Waals surface area contributed by atoms with Crippen LogP contribution in [-0.4, -0.2) is 36.1 Å². The second-order valence-electron chi connectivity index (χ2n) is 5.19. The van der Waals surface area contributed by atoms with Crippen molar-refractivity contribution in [3.63, 3.8) is 0 Å². The Labute approximate surface area is 119 Å². The molecule has 0 aliphatic rings. The van der Waals surface area contributed by atoms with Crippen LogP contribution in [0.25, 0.3) is 0 Å². The highest BCUT2D eigenvalue weighted by molar-refractivity contribution is 5.84. The lowest BCUT2D eigenvalue weighted by molar-refractivity contribution is -0.135. The molecule has 0 aliphatic heterocycles. The molecule has 1 aromatic carbocycles. The first-order valence-corrected chi connectivity index (χ1v) is 6.71. The molecule has 110 valence electrons. The van der Waals surface area contributed by atoms with Gasteiger partial charge in [0.05, 0.1) is 6.54 Å². The van der Waals surface area contributed by atoms with Gasteiger partial charge in [0.1, 0.15) is 6.54 Å². The molecular formula is C15H22N2O3. The van der Waals surface area contributed by atoms with Gasteiger partial charge in [-0.1, -0.05) is 32.0 Å². The van der Waals surface area contributed by atoms with Crippen molar-refractivity contribution in [3.05, 3.63) is 30.3 Å². The first-order chi connectivity index (χ1) is 9.40. The van der Waals surface area contributed by atoms with Crippen LogP contribution < -0.4 is 10.2 Å². The number of anilines is 1. The molecule has 1 unspecified atom stereocenters. The molecule has 20 heavy (non-hydrogen) atoms. The molecule has 5 heteroatoms. The Morgan fingerprint density at radius 2 is 1.75 bits per heavy atom. The van der Waals surface area contributed by atoms with Crippen LogP contribution in [0.4, 0.5) is 5.69 Å². The summed E-state index contributed by atoms with van der Waals surface area (Å²) in [4.78, 5) is 24.4. The summed E-state index contributed by atoms with van der Waals surface area (Å²) >= 11 is 0. The van der Waals surface area contributed by atoms with Gasteiger partial charge in [-0.3, -0.25) is 9.59 Å². The van der Waals surface area contributed by atoms with E-state index in [1.807, 2.05) is 39.0 Å². The summed E-state index contributed by atoms with van der Waals surface area (Å²) in [6.07, 6.45) is 0. The monoisotopic (exact) mass is 278 g/mol. The standard InChI is InChI=1S/C15H22N2O3/c1-11(2)12(3)16-14(18)9-17(10-15(19)20)13-7-5-4-6-8-13/h4-8,11-12H,9-10H2,1-3H3,(H,16,18)(H,19,20). The van der Waals surface area contributed by atoms with Gasteiger partial charge in [0.15, 0.2) is 0 Å². The summed E-state index contributed by atoms with van der Waals surface area (Å²) in [5.41, 5.74) is 0.724. The van der Waals surface area contributed by atoms with Gasteiger partial charge in [0, 0.05) is 11.7 Å². The van der Waals surface area contributed by atoms with Crippen molar-refractivity contribution in [2.24, 2.45) is 5.92 Å². The molecular weight excluding hydrogens is 256 g/mol. The van der Waals surface area contributed by atoms with E-state index in [0.29, 0.717) is 5.92 Å². The number of aliphatic carboxylic acids is 1. The van der Waals surface area contributed by atoms with Gasteiger partial charge >= 0.3 is 5.97 Å². The van der Waals surface area contributed by atoms with Gasteiger partial charge in [-0.05, 0) is 25.0 Å². The van der Waals surface area contributed by atoms with Gasteiger partial charge in [-0.25, -0.2) is 0 Å². The minimum atomic E-state index is -0.960. The van der Waals surface area contributed by atoms with E-state index in [-0.39, 0.29) is 25.0 Å². The van der Waals surface area contributed by atoms with Crippen molar-refractivity contribution >= 4 is 17.6 Å². The van der Waals surface area contributed by atoms with Crippen LogP contribution >= 0.6 is 0 Å². The molecule has 1 rings (SSSR count). The number of carbonyl (C=O) groups excluding carboxylic acids is 1. The topological polar surface area (TPSA) is 69.6 Å². The molecule has 0 saturated heterocycles. The number of nitrogens with one attached hydrogen (secondary N) is 1. The highest BCUT2D eigenvalue weighted by Gasteiger charge is 2.17. The van der Waals surface area contributed by atoms with Crippen molar-refractivity contribution in [3.8, 4) is 0 Å². The number of carboxylic acids is 1. The average molecular weight is 278 g/mol. The maximum absolute atomic E-state index is 12.0. The fraction of sp³-hybridized carbons (Fsp3) is 0.467. The predicted octanol–water partition coefficient (Wildman–Crippen LogP) is 1.74. The second-order valence-corrected chi connectivity index (χ2v) is 5.19. The first kappa shape index (κ1) is 16.0. The van der Waals surface area contributed by atoms with E-state index in [4.69, 9.17) is 5.11 Å². The summed E-state index contributed by atoms with van der Waals surface area (Å²) in [6.45, 7) is 5.82. The highest BCUT2D eigenvalue weighted by atomic mass is 16.4. The van der Waals surface area contributed by atoms with Crippen LogP contribution in [0.15, 0.2) is 30.3 Å². The third-order valence-corrected chi connectivity index (χ3v) is 3.17. The fourth-order valence-electron chi connectivity index (χ4n) is 1.68. The summed E-state index contributed by atoms with van der Waals surface area (Å²) < 4.78 is 0. The van der Waals surface area contributed by atoms with E-state index >= 15 is 0 Å². The van der Waals surface area contributed by atoms with E-state index in [0.717, 1.165) is 5.69 Å². The van der Waals surface area contributed by atoms with Crippen molar-refractivity contribution in [1.29, 1.82) is 0 Å².